The number of hydrogen-bond acceptors (Lipinski definition) is 2. The van der Waals surface area contributed by atoms with E-state index in [1.807, 2.05) is 27.7 Å². The fourth-order valence-corrected chi connectivity index (χ4v) is 3.42. The minimum Gasteiger partial charge on any atom is -0.374 e. The van der Waals surface area contributed by atoms with Crippen LogP contribution in [0.5, 0.6) is 0 Å². The van der Waals surface area contributed by atoms with Gasteiger partial charge in [0.2, 0.25) is 0 Å². The molecule has 1 saturated heterocycles. The largest absolute Gasteiger partial charge is 0.374 e. The van der Waals surface area contributed by atoms with Crippen molar-refractivity contribution in [2.45, 2.75) is 54.4 Å². The van der Waals surface area contributed by atoms with Gasteiger partial charge in [0, 0.05) is 38.1 Å². The van der Waals surface area contributed by atoms with Crippen molar-refractivity contribution in [2.75, 3.05) is 36.5 Å². The first kappa shape index (κ1) is 23.1. The molecule has 3 rings (SSSR count). The summed E-state index contributed by atoms with van der Waals surface area (Å²) < 4.78 is 0. The van der Waals surface area contributed by atoms with Crippen molar-refractivity contribution in [3.63, 3.8) is 0 Å². The third kappa shape index (κ3) is 7.28. The lowest BCUT2D eigenvalue weighted by Gasteiger charge is -2.35. The summed E-state index contributed by atoms with van der Waals surface area (Å²) in [5.41, 5.74) is 5.37. The van der Waals surface area contributed by atoms with Gasteiger partial charge < -0.3 is 9.80 Å². The van der Waals surface area contributed by atoms with Crippen LogP contribution in [0.25, 0.3) is 0 Å². The first-order valence-electron chi connectivity index (χ1n) is 10.7. The molecule has 150 valence electrons. The summed E-state index contributed by atoms with van der Waals surface area (Å²) in [6, 6.07) is 17.8. The predicted octanol–water partition coefficient (Wildman–Crippen LogP) is 6.71. The van der Waals surface area contributed by atoms with Crippen molar-refractivity contribution in [2.24, 2.45) is 5.92 Å². The molecule has 1 fully saturated rings. The summed E-state index contributed by atoms with van der Waals surface area (Å²) in [4.78, 5) is 4.94. The van der Waals surface area contributed by atoms with Gasteiger partial charge in [-0.25, -0.2) is 0 Å². The lowest BCUT2D eigenvalue weighted by Crippen LogP contribution is -2.37. The standard InChI is InChI=1S/C21H28N2.2C2H6/c1-17-4-8-20(9-5-17)22(3)16-19-12-14-23(15-13-19)21-10-6-18(2)7-11-21;2*1-2/h4-11,19H,12-16H2,1-3H3;2*1-2H3. The van der Waals surface area contributed by atoms with E-state index in [2.05, 4.69) is 79.2 Å². The second-order valence-corrected chi connectivity index (χ2v) is 6.98. The molecular formula is C25H40N2. The van der Waals surface area contributed by atoms with E-state index in [0.29, 0.717) is 0 Å². The van der Waals surface area contributed by atoms with E-state index >= 15 is 0 Å². The summed E-state index contributed by atoms with van der Waals surface area (Å²) in [6.45, 7) is 15.8. The highest BCUT2D eigenvalue weighted by Gasteiger charge is 2.20. The average molecular weight is 369 g/mol. The van der Waals surface area contributed by atoms with Crippen LogP contribution in [0.2, 0.25) is 0 Å². The Morgan fingerprint density at radius 1 is 0.778 bits per heavy atom. The summed E-state index contributed by atoms with van der Waals surface area (Å²) >= 11 is 0. The van der Waals surface area contributed by atoms with Crippen LogP contribution in [-0.2, 0) is 0 Å². The highest BCUT2D eigenvalue weighted by Crippen LogP contribution is 2.25. The second kappa shape index (κ2) is 12.4. The van der Waals surface area contributed by atoms with E-state index in [9.17, 15) is 0 Å². The number of benzene rings is 2. The lowest BCUT2D eigenvalue weighted by molar-refractivity contribution is 0.409. The van der Waals surface area contributed by atoms with Gasteiger partial charge in [-0.2, -0.15) is 0 Å². The average Bonchev–Trinajstić information content (AvgIpc) is 2.73. The smallest absolute Gasteiger partial charge is 0.0366 e. The predicted molar refractivity (Wildman–Crippen MR) is 123 cm³/mol. The molecule has 0 N–H and O–H groups in total. The Morgan fingerprint density at radius 2 is 1.22 bits per heavy atom. The molecular weight excluding hydrogens is 328 g/mol. The molecule has 0 amide bonds. The molecule has 0 aliphatic carbocycles. The molecule has 1 heterocycles. The minimum absolute atomic E-state index is 0.794. The van der Waals surface area contributed by atoms with Crippen LogP contribution in [-0.4, -0.2) is 26.7 Å². The zero-order chi connectivity index (χ0) is 20.2. The first-order valence-corrected chi connectivity index (χ1v) is 10.7. The Hall–Kier alpha value is -1.96. The zero-order valence-corrected chi connectivity index (χ0v) is 18.6. The first-order chi connectivity index (χ1) is 13.1. The zero-order valence-electron chi connectivity index (χ0n) is 18.6. The fourth-order valence-electron chi connectivity index (χ4n) is 3.42. The van der Waals surface area contributed by atoms with Crippen LogP contribution in [0.15, 0.2) is 48.5 Å². The molecule has 2 aromatic carbocycles. The van der Waals surface area contributed by atoms with E-state index in [1.54, 1.807) is 0 Å². The molecule has 0 atom stereocenters. The monoisotopic (exact) mass is 368 g/mol. The highest BCUT2D eigenvalue weighted by atomic mass is 15.1. The Kier molecular flexibility index (Phi) is 10.6. The number of piperidine rings is 1. The van der Waals surface area contributed by atoms with Gasteiger partial charge in [0.1, 0.15) is 0 Å². The molecule has 2 aromatic rings. The Morgan fingerprint density at radius 3 is 1.70 bits per heavy atom. The van der Waals surface area contributed by atoms with Gasteiger partial charge in [0.25, 0.3) is 0 Å². The molecule has 2 heteroatoms. The summed E-state index contributed by atoms with van der Waals surface area (Å²) in [5, 5.41) is 0. The number of hydrogen-bond donors (Lipinski definition) is 0. The molecule has 0 saturated carbocycles. The van der Waals surface area contributed by atoms with Crippen LogP contribution in [0.1, 0.15) is 51.7 Å². The van der Waals surface area contributed by atoms with Crippen molar-refractivity contribution >= 4 is 11.4 Å². The Bertz CT molecular complexity index is 608. The fraction of sp³-hybridized carbons (Fsp3) is 0.520. The van der Waals surface area contributed by atoms with Gasteiger partial charge in [0.15, 0.2) is 0 Å². The van der Waals surface area contributed by atoms with Gasteiger partial charge in [-0.3, -0.25) is 0 Å². The maximum Gasteiger partial charge on any atom is 0.0366 e. The normalized spacial score (nSPS) is 13.8. The van der Waals surface area contributed by atoms with E-state index in [0.717, 1.165) is 12.5 Å². The summed E-state index contributed by atoms with van der Waals surface area (Å²) in [5.74, 6) is 0.794. The van der Waals surface area contributed by atoms with E-state index in [4.69, 9.17) is 0 Å². The summed E-state index contributed by atoms with van der Waals surface area (Å²) in [7, 11) is 2.22. The molecule has 0 radical (unpaired) electrons. The topological polar surface area (TPSA) is 6.48 Å². The van der Waals surface area contributed by atoms with Gasteiger partial charge in [-0.1, -0.05) is 63.1 Å². The number of aryl methyl sites for hydroxylation is 2. The quantitative estimate of drug-likeness (QED) is 0.592. The van der Waals surface area contributed by atoms with Crippen LogP contribution in [0.4, 0.5) is 11.4 Å². The molecule has 0 bridgehead atoms. The number of anilines is 2. The van der Waals surface area contributed by atoms with Crippen molar-refractivity contribution in [1.82, 2.24) is 0 Å². The van der Waals surface area contributed by atoms with Gasteiger partial charge >= 0.3 is 0 Å². The number of rotatable bonds is 4. The minimum atomic E-state index is 0.794. The van der Waals surface area contributed by atoms with E-state index in [-0.39, 0.29) is 0 Å². The van der Waals surface area contributed by atoms with Gasteiger partial charge in [-0.15, -0.1) is 0 Å². The summed E-state index contributed by atoms with van der Waals surface area (Å²) in [6.07, 6.45) is 2.56. The maximum atomic E-state index is 2.53. The lowest BCUT2D eigenvalue weighted by atomic mass is 9.95. The molecule has 0 spiro atoms. The maximum absolute atomic E-state index is 2.53. The number of nitrogens with zero attached hydrogens (tertiary/aromatic N) is 2. The van der Waals surface area contributed by atoms with Crippen molar-refractivity contribution in [3.8, 4) is 0 Å². The molecule has 2 nitrogen and oxygen atoms in total. The van der Waals surface area contributed by atoms with Crippen molar-refractivity contribution in [3.05, 3.63) is 59.7 Å². The Labute approximate surface area is 168 Å². The van der Waals surface area contributed by atoms with Crippen LogP contribution in [0, 0.1) is 19.8 Å². The van der Waals surface area contributed by atoms with E-state index < -0.39 is 0 Å². The van der Waals surface area contributed by atoms with Crippen LogP contribution < -0.4 is 9.80 Å². The molecule has 0 unspecified atom stereocenters. The Balaban J connectivity index is 0.000000855. The third-order valence-corrected chi connectivity index (χ3v) is 5.02. The molecule has 0 aromatic heterocycles. The molecule has 1 aliphatic rings. The van der Waals surface area contributed by atoms with Crippen LogP contribution >= 0.6 is 0 Å². The van der Waals surface area contributed by atoms with Gasteiger partial charge in [-0.05, 0) is 56.9 Å². The molecule has 27 heavy (non-hydrogen) atoms. The third-order valence-electron chi connectivity index (χ3n) is 5.02. The van der Waals surface area contributed by atoms with Gasteiger partial charge in [0.05, 0.1) is 0 Å². The van der Waals surface area contributed by atoms with E-state index in [1.165, 1.54) is 48.4 Å². The van der Waals surface area contributed by atoms with Crippen molar-refractivity contribution in [1.29, 1.82) is 0 Å². The second-order valence-electron chi connectivity index (χ2n) is 6.98. The SMILES string of the molecule is CC.CC.Cc1ccc(N(C)CC2CCN(c3ccc(C)cc3)CC2)cc1. The van der Waals surface area contributed by atoms with Crippen LogP contribution in [0.3, 0.4) is 0 Å². The molecule has 1 aliphatic heterocycles. The highest BCUT2D eigenvalue weighted by molar-refractivity contribution is 5.48. The van der Waals surface area contributed by atoms with Crippen molar-refractivity contribution < 1.29 is 0 Å².